The second-order valence-electron chi connectivity index (χ2n) is 7.55. The van der Waals surface area contributed by atoms with Crippen molar-refractivity contribution in [2.75, 3.05) is 12.4 Å². The Kier molecular flexibility index (Phi) is 5.74. The van der Waals surface area contributed by atoms with E-state index < -0.39 is 18.3 Å². The number of ether oxygens (including phenoxy) is 1. The molecule has 1 aliphatic carbocycles. The summed E-state index contributed by atoms with van der Waals surface area (Å²) in [5.74, 6) is -0.899. The molecular formula is C21H22F2N4O3S. The monoisotopic (exact) mass is 448 g/mol. The molecule has 3 aromatic heterocycles. The molecule has 0 aromatic carbocycles. The molecule has 0 saturated heterocycles. The molecule has 0 fully saturated rings. The molecule has 0 unspecified atom stereocenters. The number of nitrogens with zero attached hydrogens (tertiary/aromatic N) is 3. The number of aromatic nitrogens is 3. The number of thiophene rings is 1. The van der Waals surface area contributed by atoms with E-state index in [0.29, 0.717) is 22.0 Å². The van der Waals surface area contributed by atoms with Gasteiger partial charge in [0.2, 0.25) is 5.91 Å². The van der Waals surface area contributed by atoms with Gasteiger partial charge in [0.15, 0.2) is 5.65 Å². The van der Waals surface area contributed by atoms with Gasteiger partial charge in [-0.15, -0.1) is 11.3 Å². The summed E-state index contributed by atoms with van der Waals surface area (Å²) < 4.78 is 33.2. The summed E-state index contributed by atoms with van der Waals surface area (Å²) in [7, 11) is 1.31. The normalized spacial score (nSPS) is 13.5. The van der Waals surface area contributed by atoms with Crippen molar-refractivity contribution in [3.8, 4) is 0 Å². The molecule has 164 valence electrons. The average Bonchev–Trinajstić information content (AvgIpc) is 3.23. The first-order valence-corrected chi connectivity index (χ1v) is 10.8. The lowest BCUT2D eigenvalue weighted by Gasteiger charge is -2.11. The zero-order valence-corrected chi connectivity index (χ0v) is 18.2. The number of halogens is 2. The Bertz CT molecular complexity index is 1190. The van der Waals surface area contributed by atoms with Crippen LogP contribution in [0.5, 0.6) is 0 Å². The molecule has 1 aliphatic rings. The Hall–Kier alpha value is -2.88. The van der Waals surface area contributed by atoms with Crippen LogP contribution in [0.25, 0.3) is 11.0 Å². The summed E-state index contributed by atoms with van der Waals surface area (Å²) in [5, 5.41) is 7.78. The van der Waals surface area contributed by atoms with Crippen molar-refractivity contribution >= 4 is 39.2 Å². The highest BCUT2D eigenvalue weighted by Gasteiger charge is 2.27. The number of hydrogen-bond acceptors (Lipinski definition) is 6. The third-order valence-corrected chi connectivity index (χ3v) is 6.59. The Morgan fingerprint density at radius 2 is 2.03 bits per heavy atom. The van der Waals surface area contributed by atoms with Crippen LogP contribution >= 0.6 is 11.3 Å². The average molecular weight is 448 g/mol. The fraction of sp³-hybridized carbons (Fsp3) is 0.429. The van der Waals surface area contributed by atoms with Crippen LogP contribution in [0.4, 0.5) is 13.8 Å². The molecule has 0 atom stereocenters. The maximum atomic E-state index is 13.5. The van der Waals surface area contributed by atoms with Crippen LogP contribution in [0.15, 0.2) is 6.07 Å². The number of esters is 1. The maximum Gasteiger partial charge on any atom is 0.341 e. The molecule has 0 aliphatic heterocycles. The molecule has 0 bridgehead atoms. The van der Waals surface area contributed by atoms with Crippen LogP contribution in [0, 0.1) is 13.8 Å². The number of hydrogen-bond donors (Lipinski definition) is 1. The second kappa shape index (κ2) is 8.33. The number of anilines is 1. The molecule has 1 amide bonds. The highest BCUT2D eigenvalue weighted by Crippen LogP contribution is 2.38. The van der Waals surface area contributed by atoms with Gasteiger partial charge in [0, 0.05) is 16.1 Å². The smallest absolute Gasteiger partial charge is 0.341 e. The number of carbonyl (C=O) groups excluding carboxylic acids is 2. The standard InChI is InChI=1S/C21H22F2N4O3S/c1-10-8-13(18(22)23)16-11(2)26-27(19(16)24-10)9-15(28)25-20-17(21(29)30-3)12-6-4-5-7-14(12)31-20/h8,18H,4-7,9H2,1-3H3,(H,25,28). The lowest BCUT2D eigenvalue weighted by Crippen LogP contribution is -2.21. The Labute approximate surface area is 181 Å². The van der Waals surface area contributed by atoms with E-state index in [2.05, 4.69) is 15.4 Å². The summed E-state index contributed by atoms with van der Waals surface area (Å²) >= 11 is 1.38. The Morgan fingerprint density at radius 1 is 1.29 bits per heavy atom. The first-order chi connectivity index (χ1) is 14.8. The predicted molar refractivity (Wildman–Crippen MR) is 113 cm³/mol. The summed E-state index contributed by atoms with van der Waals surface area (Å²) in [5.41, 5.74) is 2.24. The predicted octanol–water partition coefficient (Wildman–Crippen LogP) is 4.35. The van der Waals surface area contributed by atoms with Gasteiger partial charge in [-0.05, 0) is 51.2 Å². The van der Waals surface area contributed by atoms with Crippen LogP contribution in [0.3, 0.4) is 0 Å². The SMILES string of the molecule is COC(=O)c1c(NC(=O)Cn2nc(C)c3c(C(F)F)cc(C)nc32)sc2c1CCCC2. The minimum absolute atomic E-state index is 0.148. The van der Waals surface area contributed by atoms with Crippen molar-refractivity contribution in [1.82, 2.24) is 14.8 Å². The number of amides is 1. The van der Waals surface area contributed by atoms with Crippen LogP contribution in [0.1, 0.15) is 57.0 Å². The highest BCUT2D eigenvalue weighted by atomic mass is 32.1. The zero-order chi connectivity index (χ0) is 22.3. The molecule has 0 saturated carbocycles. The number of carbonyl (C=O) groups is 2. The quantitative estimate of drug-likeness (QED) is 0.587. The summed E-state index contributed by atoms with van der Waals surface area (Å²) in [4.78, 5) is 30.6. The van der Waals surface area contributed by atoms with E-state index in [4.69, 9.17) is 4.74 Å². The molecule has 1 N–H and O–H groups in total. The number of fused-ring (bicyclic) bond motifs is 2. The van der Waals surface area contributed by atoms with Crippen molar-refractivity contribution in [2.45, 2.75) is 52.5 Å². The minimum Gasteiger partial charge on any atom is -0.465 e. The van der Waals surface area contributed by atoms with Crippen LogP contribution < -0.4 is 5.32 Å². The number of pyridine rings is 1. The fourth-order valence-corrected chi connectivity index (χ4v) is 5.37. The van der Waals surface area contributed by atoms with E-state index in [-0.39, 0.29) is 23.1 Å². The number of nitrogens with one attached hydrogen (secondary N) is 1. The van der Waals surface area contributed by atoms with E-state index in [9.17, 15) is 18.4 Å². The van der Waals surface area contributed by atoms with Gasteiger partial charge in [0.1, 0.15) is 11.5 Å². The fourth-order valence-electron chi connectivity index (χ4n) is 4.07. The maximum absolute atomic E-state index is 13.5. The molecule has 31 heavy (non-hydrogen) atoms. The van der Waals surface area contributed by atoms with Crippen LogP contribution in [0.2, 0.25) is 0 Å². The van der Waals surface area contributed by atoms with E-state index in [0.717, 1.165) is 36.1 Å². The first-order valence-electron chi connectivity index (χ1n) is 9.95. The van der Waals surface area contributed by atoms with Gasteiger partial charge in [-0.25, -0.2) is 23.2 Å². The molecule has 3 aromatic rings. The molecular weight excluding hydrogens is 426 g/mol. The van der Waals surface area contributed by atoms with Crippen LogP contribution in [-0.2, 0) is 28.9 Å². The van der Waals surface area contributed by atoms with Crippen molar-refractivity contribution in [2.24, 2.45) is 0 Å². The molecule has 0 radical (unpaired) electrons. The van der Waals surface area contributed by atoms with Crippen molar-refractivity contribution in [3.63, 3.8) is 0 Å². The zero-order valence-electron chi connectivity index (χ0n) is 17.4. The molecule has 3 heterocycles. The lowest BCUT2D eigenvalue weighted by molar-refractivity contribution is -0.116. The third kappa shape index (κ3) is 3.91. The van der Waals surface area contributed by atoms with Crippen molar-refractivity contribution < 1.29 is 23.1 Å². The minimum atomic E-state index is -2.67. The van der Waals surface area contributed by atoms with Gasteiger partial charge in [0.05, 0.1) is 23.8 Å². The van der Waals surface area contributed by atoms with Crippen molar-refractivity contribution in [3.05, 3.63) is 39.0 Å². The van der Waals surface area contributed by atoms with E-state index in [1.807, 2.05) is 0 Å². The summed E-state index contributed by atoms with van der Waals surface area (Å²) in [6, 6.07) is 1.34. The lowest BCUT2D eigenvalue weighted by atomic mass is 9.95. The topological polar surface area (TPSA) is 86.1 Å². The van der Waals surface area contributed by atoms with E-state index in [1.165, 1.54) is 29.2 Å². The van der Waals surface area contributed by atoms with E-state index >= 15 is 0 Å². The molecule has 10 heteroatoms. The summed E-state index contributed by atoms with van der Waals surface area (Å²) in [6.07, 6.45) is 0.987. The number of methoxy groups -OCH3 is 1. The Morgan fingerprint density at radius 3 is 2.74 bits per heavy atom. The number of alkyl halides is 2. The second-order valence-corrected chi connectivity index (χ2v) is 8.66. The molecule has 7 nitrogen and oxygen atoms in total. The number of rotatable bonds is 5. The molecule has 0 spiro atoms. The van der Waals surface area contributed by atoms with Gasteiger partial charge in [0.25, 0.3) is 6.43 Å². The highest BCUT2D eigenvalue weighted by molar-refractivity contribution is 7.17. The van der Waals surface area contributed by atoms with Gasteiger partial charge in [-0.2, -0.15) is 5.10 Å². The van der Waals surface area contributed by atoms with Gasteiger partial charge < -0.3 is 10.1 Å². The van der Waals surface area contributed by atoms with Gasteiger partial charge >= 0.3 is 5.97 Å². The summed E-state index contributed by atoms with van der Waals surface area (Å²) in [6.45, 7) is 3.02. The first kappa shape index (κ1) is 21.4. The van der Waals surface area contributed by atoms with Gasteiger partial charge in [-0.3, -0.25) is 4.79 Å². The Balaban J connectivity index is 1.65. The largest absolute Gasteiger partial charge is 0.465 e. The van der Waals surface area contributed by atoms with Crippen LogP contribution in [-0.4, -0.2) is 33.8 Å². The van der Waals surface area contributed by atoms with Gasteiger partial charge in [-0.1, -0.05) is 0 Å². The number of aryl methyl sites for hydroxylation is 3. The molecule has 4 rings (SSSR count). The van der Waals surface area contributed by atoms with Crippen molar-refractivity contribution in [1.29, 1.82) is 0 Å². The van der Waals surface area contributed by atoms with E-state index in [1.54, 1.807) is 13.8 Å². The third-order valence-electron chi connectivity index (χ3n) is 5.38.